The van der Waals surface area contributed by atoms with Crippen LogP contribution in [0.25, 0.3) is 0 Å². The number of nitrogens with two attached hydrogens (primary N) is 1. The number of amidine groups is 1. The minimum atomic E-state index is -0.406. The fourth-order valence-electron chi connectivity index (χ4n) is 1.43. The van der Waals surface area contributed by atoms with E-state index in [-0.39, 0.29) is 5.84 Å². The van der Waals surface area contributed by atoms with Gasteiger partial charge in [0.1, 0.15) is 5.82 Å². The molecule has 0 radical (unpaired) electrons. The summed E-state index contributed by atoms with van der Waals surface area (Å²) in [6.45, 7) is 0. The summed E-state index contributed by atoms with van der Waals surface area (Å²) in [5.74, 6) is -0.517. The minimum Gasteiger partial charge on any atom is -0.409 e. The largest absolute Gasteiger partial charge is 0.409 e. The highest BCUT2D eigenvalue weighted by Crippen LogP contribution is 2.30. The van der Waals surface area contributed by atoms with Crippen molar-refractivity contribution >= 4 is 33.5 Å². The van der Waals surface area contributed by atoms with Gasteiger partial charge in [-0.25, -0.2) is 4.39 Å². The molecule has 98 valence electrons. The second kappa shape index (κ2) is 6.08. The summed E-state index contributed by atoms with van der Waals surface area (Å²) >= 11 is 4.66. The molecule has 0 heterocycles. The van der Waals surface area contributed by atoms with Gasteiger partial charge >= 0.3 is 0 Å². The van der Waals surface area contributed by atoms with E-state index in [2.05, 4.69) is 21.1 Å². The average molecular weight is 341 g/mol. The van der Waals surface area contributed by atoms with Crippen LogP contribution in [-0.4, -0.2) is 11.0 Å². The molecule has 6 heteroatoms. The molecule has 0 bridgehead atoms. The van der Waals surface area contributed by atoms with Crippen LogP contribution >= 0.6 is 27.7 Å². The summed E-state index contributed by atoms with van der Waals surface area (Å²) < 4.78 is 14.9. The summed E-state index contributed by atoms with van der Waals surface area (Å²) in [5.41, 5.74) is 5.75. The molecule has 0 fully saturated rings. The van der Waals surface area contributed by atoms with Crippen molar-refractivity contribution in [1.29, 1.82) is 0 Å². The second-order valence-electron chi connectivity index (χ2n) is 3.69. The Kier molecular flexibility index (Phi) is 4.44. The third-order valence-electron chi connectivity index (χ3n) is 2.38. The normalized spacial score (nSPS) is 11.6. The highest BCUT2D eigenvalue weighted by molar-refractivity contribution is 9.10. The molecule has 0 aliphatic carbocycles. The van der Waals surface area contributed by atoms with Crippen molar-refractivity contribution in [2.75, 3.05) is 0 Å². The topological polar surface area (TPSA) is 58.6 Å². The van der Waals surface area contributed by atoms with Gasteiger partial charge in [0.25, 0.3) is 0 Å². The van der Waals surface area contributed by atoms with Gasteiger partial charge in [-0.05, 0) is 42.5 Å². The standard InChI is InChI=1S/C13H10BrFN2OS/c14-9-2-4-10(5-3-9)19-12-6-1-8(7-11(12)15)13(16)17-18/h1-7,18H,(H2,16,17). The first-order chi connectivity index (χ1) is 9.10. The van der Waals surface area contributed by atoms with E-state index in [9.17, 15) is 4.39 Å². The molecule has 0 saturated heterocycles. The first kappa shape index (κ1) is 13.9. The number of halogens is 2. The molecule has 2 rings (SSSR count). The van der Waals surface area contributed by atoms with Gasteiger partial charge in [-0.15, -0.1) is 0 Å². The Morgan fingerprint density at radius 1 is 1.21 bits per heavy atom. The maximum absolute atomic E-state index is 13.9. The van der Waals surface area contributed by atoms with E-state index < -0.39 is 5.82 Å². The van der Waals surface area contributed by atoms with Crippen molar-refractivity contribution in [3.63, 3.8) is 0 Å². The molecule has 0 unspecified atom stereocenters. The van der Waals surface area contributed by atoms with Crippen LogP contribution in [0.4, 0.5) is 4.39 Å². The van der Waals surface area contributed by atoms with E-state index in [4.69, 9.17) is 10.9 Å². The highest BCUT2D eigenvalue weighted by atomic mass is 79.9. The van der Waals surface area contributed by atoms with Gasteiger partial charge in [-0.1, -0.05) is 32.8 Å². The quantitative estimate of drug-likeness (QED) is 0.386. The zero-order valence-electron chi connectivity index (χ0n) is 9.68. The Hall–Kier alpha value is -1.53. The van der Waals surface area contributed by atoms with Crippen LogP contribution in [0, 0.1) is 5.82 Å². The second-order valence-corrected chi connectivity index (χ2v) is 5.72. The number of oxime groups is 1. The zero-order valence-corrected chi connectivity index (χ0v) is 12.1. The van der Waals surface area contributed by atoms with Crippen molar-refractivity contribution in [3.05, 3.63) is 58.3 Å². The Morgan fingerprint density at radius 3 is 2.47 bits per heavy atom. The molecule has 0 aliphatic rings. The van der Waals surface area contributed by atoms with Crippen LogP contribution in [0.2, 0.25) is 0 Å². The summed E-state index contributed by atoms with van der Waals surface area (Å²) in [4.78, 5) is 1.41. The van der Waals surface area contributed by atoms with Crippen molar-refractivity contribution < 1.29 is 9.60 Å². The minimum absolute atomic E-state index is 0.112. The molecule has 3 nitrogen and oxygen atoms in total. The molecular weight excluding hydrogens is 331 g/mol. The van der Waals surface area contributed by atoms with Crippen LogP contribution in [0.5, 0.6) is 0 Å². The summed E-state index contributed by atoms with van der Waals surface area (Å²) in [6.07, 6.45) is 0. The number of benzene rings is 2. The molecule has 0 saturated carbocycles. The molecule has 0 aromatic heterocycles. The van der Waals surface area contributed by atoms with Gasteiger partial charge in [0.05, 0.1) is 0 Å². The van der Waals surface area contributed by atoms with Gasteiger partial charge in [-0.2, -0.15) is 0 Å². The van der Waals surface area contributed by atoms with Crippen molar-refractivity contribution in [2.45, 2.75) is 9.79 Å². The lowest BCUT2D eigenvalue weighted by molar-refractivity contribution is 0.318. The van der Waals surface area contributed by atoms with E-state index in [1.807, 2.05) is 24.3 Å². The summed E-state index contributed by atoms with van der Waals surface area (Å²) in [6, 6.07) is 12.0. The van der Waals surface area contributed by atoms with E-state index >= 15 is 0 Å². The van der Waals surface area contributed by atoms with Crippen LogP contribution in [0.3, 0.4) is 0 Å². The van der Waals surface area contributed by atoms with Crippen molar-refractivity contribution in [1.82, 2.24) is 0 Å². The first-order valence-corrected chi connectivity index (χ1v) is 6.92. The van der Waals surface area contributed by atoms with Gasteiger partial charge in [-0.3, -0.25) is 0 Å². The van der Waals surface area contributed by atoms with E-state index in [1.54, 1.807) is 12.1 Å². The lowest BCUT2D eigenvalue weighted by Crippen LogP contribution is -2.13. The maximum atomic E-state index is 13.9. The van der Waals surface area contributed by atoms with Crippen LogP contribution in [0.1, 0.15) is 5.56 Å². The Bertz CT molecular complexity index is 617. The predicted octanol–water partition coefficient (Wildman–Crippen LogP) is 3.83. The smallest absolute Gasteiger partial charge is 0.170 e. The van der Waals surface area contributed by atoms with Crippen LogP contribution in [-0.2, 0) is 0 Å². The molecule has 2 aromatic rings. The third kappa shape index (κ3) is 3.48. The SMILES string of the molecule is N/C(=N\O)c1ccc(Sc2ccc(Br)cc2)c(F)c1. The third-order valence-corrected chi connectivity index (χ3v) is 3.96. The lowest BCUT2D eigenvalue weighted by Gasteiger charge is -2.05. The van der Waals surface area contributed by atoms with Gasteiger partial charge in [0.15, 0.2) is 5.84 Å². The Morgan fingerprint density at radius 2 is 1.89 bits per heavy atom. The monoisotopic (exact) mass is 340 g/mol. The van der Waals surface area contributed by atoms with Gasteiger partial charge in [0, 0.05) is 19.8 Å². The lowest BCUT2D eigenvalue weighted by atomic mass is 10.2. The molecule has 19 heavy (non-hydrogen) atoms. The number of nitrogens with zero attached hydrogens (tertiary/aromatic N) is 1. The molecule has 2 aromatic carbocycles. The average Bonchev–Trinajstić information content (AvgIpc) is 2.42. The van der Waals surface area contributed by atoms with Gasteiger partial charge < -0.3 is 10.9 Å². The van der Waals surface area contributed by atoms with E-state index in [1.165, 1.54) is 17.8 Å². The van der Waals surface area contributed by atoms with Crippen LogP contribution < -0.4 is 5.73 Å². The molecule has 0 spiro atoms. The predicted molar refractivity (Wildman–Crippen MR) is 77.2 cm³/mol. The number of hydrogen-bond donors (Lipinski definition) is 2. The Labute approximate surface area is 122 Å². The van der Waals surface area contributed by atoms with Crippen molar-refractivity contribution in [2.24, 2.45) is 10.9 Å². The van der Waals surface area contributed by atoms with Crippen LogP contribution in [0.15, 0.2) is 61.9 Å². The van der Waals surface area contributed by atoms with Gasteiger partial charge in [0.2, 0.25) is 0 Å². The number of rotatable bonds is 3. The fourth-order valence-corrected chi connectivity index (χ4v) is 2.51. The van der Waals surface area contributed by atoms with E-state index in [0.29, 0.717) is 10.5 Å². The van der Waals surface area contributed by atoms with E-state index in [0.717, 1.165) is 9.37 Å². The maximum Gasteiger partial charge on any atom is 0.170 e. The molecular formula is C13H10BrFN2OS. The molecule has 0 aliphatic heterocycles. The first-order valence-electron chi connectivity index (χ1n) is 5.31. The number of hydrogen-bond acceptors (Lipinski definition) is 3. The molecule has 3 N–H and O–H groups in total. The molecule has 0 amide bonds. The summed E-state index contributed by atoms with van der Waals surface area (Å²) in [7, 11) is 0. The fraction of sp³-hybridized carbons (Fsp3) is 0. The zero-order chi connectivity index (χ0) is 13.8. The highest BCUT2D eigenvalue weighted by Gasteiger charge is 2.08. The summed E-state index contributed by atoms with van der Waals surface area (Å²) in [5, 5.41) is 11.4. The Balaban J connectivity index is 2.24. The molecule has 0 atom stereocenters. The van der Waals surface area contributed by atoms with Crippen molar-refractivity contribution in [3.8, 4) is 0 Å².